The number of nitrogens with zero attached hydrogens (tertiary/aromatic N) is 2. The van der Waals surface area contributed by atoms with Crippen LogP contribution in [0.2, 0.25) is 0 Å². The van der Waals surface area contributed by atoms with Gasteiger partial charge in [-0.2, -0.15) is 0 Å². The molecule has 170 valence electrons. The smallest absolute Gasteiger partial charge is 0.0530 e. The predicted octanol–water partition coefficient (Wildman–Crippen LogP) is 7.00. The zero-order valence-corrected chi connectivity index (χ0v) is 22.0. The van der Waals surface area contributed by atoms with E-state index in [0.717, 1.165) is 19.7 Å². The topological polar surface area (TPSA) is 15.7 Å². The number of methoxy groups -OCH3 is 1. The van der Waals surface area contributed by atoms with E-state index in [1.54, 1.807) is 7.11 Å². The molecule has 3 heteroatoms. The van der Waals surface area contributed by atoms with Crippen molar-refractivity contribution in [2.45, 2.75) is 94.5 Å². The first-order chi connectivity index (χ1) is 13.1. The maximum atomic E-state index is 5.42. The van der Waals surface area contributed by atoms with Gasteiger partial charge in [0.15, 0.2) is 0 Å². The number of ether oxygens (including phenoxy) is 1. The van der Waals surface area contributed by atoms with Gasteiger partial charge in [-0.1, -0.05) is 67.0 Å². The Kier molecular flexibility index (Phi) is 19.5. The van der Waals surface area contributed by atoms with Crippen molar-refractivity contribution in [2.75, 3.05) is 40.9 Å². The fourth-order valence-electron chi connectivity index (χ4n) is 2.83. The van der Waals surface area contributed by atoms with E-state index in [1.165, 1.54) is 24.1 Å². The number of hydrogen-bond acceptors (Lipinski definition) is 3. The highest BCUT2D eigenvalue weighted by Crippen LogP contribution is 2.35. The van der Waals surface area contributed by atoms with E-state index in [0.29, 0.717) is 0 Å². The van der Waals surface area contributed by atoms with Gasteiger partial charge in [0.1, 0.15) is 0 Å². The van der Waals surface area contributed by atoms with Gasteiger partial charge in [0, 0.05) is 43.9 Å². The minimum atomic E-state index is 0.0846. The number of allylic oxidation sites excluding steroid dienone is 4. The second-order valence-corrected chi connectivity index (χ2v) is 7.89. The molecule has 0 spiro atoms. The summed E-state index contributed by atoms with van der Waals surface area (Å²) in [5, 5.41) is 0. The van der Waals surface area contributed by atoms with E-state index in [-0.39, 0.29) is 11.0 Å². The molecule has 0 saturated carbocycles. The Morgan fingerprint density at radius 1 is 0.857 bits per heavy atom. The minimum absolute atomic E-state index is 0.0846. The summed E-state index contributed by atoms with van der Waals surface area (Å²) >= 11 is 0. The SMILES string of the molecule is CC.CC.CC.COCC(C)(C)C(C)(C)N(C)CCN(C)C1=CC=C(C)CC1. The predicted molar refractivity (Wildman–Crippen MR) is 130 cm³/mol. The summed E-state index contributed by atoms with van der Waals surface area (Å²) in [6.45, 7) is 26.3. The molecule has 0 fully saturated rings. The summed E-state index contributed by atoms with van der Waals surface area (Å²) < 4.78 is 5.42. The number of rotatable bonds is 8. The normalized spacial score (nSPS) is 13.7. The van der Waals surface area contributed by atoms with Crippen LogP contribution >= 0.6 is 0 Å². The molecule has 0 N–H and O–H groups in total. The molecule has 0 radical (unpaired) electrons. The van der Waals surface area contributed by atoms with Gasteiger partial charge in [0.25, 0.3) is 0 Å². The van der Waals surface area contributed by atoms with Crippen molar-refractivity contribution in [3.05, 3.63) is 23.4 Å². The minimum Gasteiger partial charge on any atom is -0.384 e. The van der Waals surface area contributed by atoms with Crippen molar-refractivity contribution in [1.82, 2.24) is 9.80 Å². The molecule has 1 aliphatic rings. The largest absolute Gasteiger partial charge is 0.384 e. The first-order valence-electron chi connectivity index (χ1n) is 11.4. The quantitative estimate of drug-likeness (QED) is 0.437. The van der Waals surface area contributed by atoms with Crippen LogP contribution in [0.25, 0.3) is 0 Å². The lowest BCUT2D eigenvalue weighted by molar-refractivity contribution is -0.0244. The summed E-state index contributed by atoms with van der Waals surface area (Å²) in [5.74, 6) is 0. The van der Waals surface area contributed by atoms with Gasteiger partial charge in [-0.25, -0.2) is 0 Å². The molecular weight excluding hydrogens is 344 g/mol. The molecule has 1 aliphatic carbocycles. The van der Waals surface area contributed by atoms with Crippen LogP contribution in [0, 0.1) is 5.41 Å². The molecular formula is C25H54N2O. The second-order valence-electron chi connectivity index (χ2n) is 7.89. The highest BCUT2D eigenvalue weighted by Gasteiger charge is 2.40. The molecule has 0 heterocycles. The maximum absolute atomic E-state index is 5.42. The highest BCUT2D eigenvalue weighted by atomic mass is 16.5. The molecule has 0 unspecified atom stereocenters. The second kappa shape index (κ2) is 17.1. The average molecular weight is 399 g/mol. The van der Waals surface area contributed by atoms with E-state index in [1.807, 2.05) is 41.5 Å². The Bertz CT molecular complexity index is 422. The molecule has 0 aromatic heterocycles. The van der Waals surface area contributed by atoms with Crippen LogP contribution in [-0.2, 0) is 4.74 Å². The van der Waals surface area contributed by atoms with Gasteiger partial charge < -0.3 is 9.64 Å². The van der Waals surface area contributed by atoms with Gasteiger partial charge in [-0.3, -0.25) is 4.90 Å². The zero-order chi connectivity index (χ0) is 23.0. The molecule has 0 atom stereocenters. The lowest BCUT2D eigenvalue weighted by atomic mass is 9.74. The standard InChI is InChI=1S/C19H36N2O.3C2H6/c1-16-9-11-17(12-10-16)20(6)13-14-21(7)19(4,5)18(2,3)15-22-8;3*1-2/h9,11H,10,12-15H2,1-8H3;3*1-2H3. The summed E-state index contributed by atoms with van der Waals surface area (Å²) in [7, 11) is 6.22. The van der Waals surface area contributed by atoms with Gasteiger partial charge in [-0.05, 0) is 46.7 Å². The van der Waals surface area contributed by atoms with Crippen molar-refractivity contribution in [1.29, 1.82) is 0 Å². The van der Waals surface area contributed by atoms with Crippen LogP contribution in [0.15, 0.2) is 23.4 Å². The Morgan fingerprint density at radius 3 is 1.75 bits per heavy atom. The molecule has 28 heavy (non-hydrogen) atoms. The van der Waals surface area contributed by atoms with E-state index < -0.39 is 0 Å². The molecule has 0 aromatic carbocycles. The summed E-state index contributed by atoms with van der Waals surface area (Å²) in [6, 6.07) is 0. The molecule has 0 aliphatic heterocycles. The Labute approximate surface area is 179 Å². The Balaban J connectivity index is -0.000000946. The summed E-state index contributed by atoms with van der Waals surface area (Å²) in [5.41, 5.74) is 3.13. The van der Waals surface area contributed by atoms with Gasteiger partial charge in [-0.15, -0.1) is 0 Å². The fourth-order valence-corrected chi connectivity index (χ4v) is 2.83. The van der Waals surface area contributed by atoms with Crippen LogP contribution in [0.3, 0.4) is 0 Å². The van der Waals surface area contributed by atoms with Crippen LogP contribution in [0.4, 0.5) is 0 Å². The molecule has 1 rings (SSSR count). The monoisotopic (exact) mass is 398 g/mol. The third kappa shape index (κ3) is 10.7. The molecule has 3 nitrogen and oxygen atoms in total. The summed E-state index contributed by atoms with van der Waals surface area (Å²) in [6.07, 6.45) is 6.89. The molecule has 0 saturated heterocycles. The van der Waals surface area contributed by atoms with E-state index in [2.05, 4.69) is 70.7 Å². The molecule has 0 amide bonds. The average Bonchev–Trinajstić information content (AvgIpc) is 2.70. The van der Waals surface area contributed by atoms with Crippen molar-refractivity contribution in [3.63, 3.8) is 0 Å². The van der Waals surface area contributed by atoms with Crippen molar-refractivity contribution in [3.8, 4) is 0 Å². The van der Waals surface area contributed by atoms with Gasteiger partial charge in [0.05, 0.1) is 6.61 Å². The van der Waals surface area contributed by atoms with Gasteiger partial charge >= 0.3 is 0 Å². The lowest BCUT2D eigenvalue weighted by Crippen LogP contribution is -2.55. The van der Waals surface area contributed by atoms with Crippen LogP contribution in [-0.4, -0.2) is 56.2 Å². The van der Waals surface area contributed by atoms with E-state index in [4.69, 9.17) is 4.74 Å². The van der Waals surface area contributed by atoms with Gasteiger partial charge in [0.2, 0.25) is 0 Å². The number of likely N-dealkylation sites (N-methyl/N-ethyl adjacent to an activating group) is 2. The number of hydrogen-bond donors (Lipinski definition) is 0. The Hall–Kier alpha value is -0.800. The van der Waals surface area contributed by atoms with Crippen molar-refractivity contribution >= 4 is 0 Å². The van der Waals surface area contributed by atoms with E-state index >= 15 is 0 Å². The van der Waals surface area contributed by atoms with Crippen molar-refractivity contribution in [2.24, 2.45) is 5.41 Å². The molecule has 0 bridgehead atoms. The third-order valence-corrected chi connectivity index (χ3v) is 5.71. The first-order valence-corrected chi connectivity index (χ1v) is 11.4. The van der Waals surface area contributed by atoms with Crippen LogP contribution in [0.5, 0.6) is 0 Å². The van der Waals surface area contributed by atoms with Crippen LogP contribution < -0.4 is 0 Å². The Morgan fingerprint density at radius 2 is 1.36 bits per heavy atom. The highest BCUT2D eigenvalue weighted by molar-refractivity contribution is 5.21. The van der Waals surface area contributed by atoms with E-state index in [9.17, 15) is 0 Å². The zero-order valence-electron chi connectivity index (χ0n) is 22.0. The summed E-state index contributed by atoms with van der Waals surface area (Å²) in [4.78, 5) is 4.87. The van der Waals surface area contributed by atoms with Crippen molar-refractivity contribution < 1.29 is 4.74 Å². The van der Waals surface area contributed by atoms with Crippen LogP contribution in [0.1, 0.15) is 89.0 Å². The maximum Gasteiger partial charge on any atom is 0.0530 e. The third-order valence-electron chi connectivity index (χ3n) is 5.71. The fraction of sp³-hybridized carbons (Fsp3) is 0.840. The molecule has 0 aromatic rings. The first kappa shape index (κ1) is 31.9. The lowest BCUT2D eigenvalue weighted by Gasteiger charge is -2.48.